The molecular formula is C8H4F5NO. The molecule has 0 spiro atoms. The molecule has 2 nitrogen and oxygen atoms in total. The molecule has 0 aromatic heterocycles. The molecule has 0 atom stereocenters. The maximum absolute atomic E-state index is 12.8. The average Bonchev–Trinajstić information content (AvgIpc) is 2.23. The van der Waals surface area contributed by atoms with Crippen molar-refractivity contribution >= 4 is 5.78 Å². The summed E-state index contributed by atoms with van der Waals surface area (Å²) in [5, 5.41) is 0. The van der Waals surface area contributed by atoms with Crippen LogP contribution >= 0.6 is 0 Å². The third-order valence-corrected chi connectivity index (χ3v) is 1.67. The number of carbonyl (C=O) groups is 1. The van der Waals surface area contributed by atoms with Gasteiger partial charge in [0.15, 0.2) is 29.1 Å². The minimum atomic E-state index is -2.31. The van der Waals surface area contributed by atoms with Gasteiger partial charge in [-0.25, -0.2) is 22.0 Å². The zero-order valence-corrected chi connectivity index (χ0v) is 7.08. The molecule has 0 saturated heterocycles. The van der Waals surface area contributed by atoms with Gasteiger partial charge in [-0.2, -0.15) is 0 Å². The van der Waals surface area contributed by atoms with Crippen molar-refractivity contribution in [2.75, 3.05) is 6.54 Å². The van der Waals surface area contributed by atoms with Crippen molar-refractivity contribution in [1.29, 1.82) is 0 Å². The predicted molar refractivity (Wildman–Crippen MR) is 39.6 cm³/mol. The van der Waals surface area contributed by atoms with Crippen molar-refractivity contribution in [3.8, 4) is 0 Å². The molecule has 0 aliphatic carbocycles. The second-order valence-electron chi connectivity index (χ2n) is 2.57. The highest BCUT2D eigenvalue weighted by molar-refractivity contribution is 5.98. The Morgan fingerprint density at radius 2 is 1.20 bits per heavy atom. The Morgan fingerprint density at radius 3 is 1.53 bits per heavy atom. The molecule has 0 amide bonds. The maximum atomic E-state index is 12.8. The Bertz CT molecular complexity index is 403. The van der Waals surface area contributed by atoms with Crippen LogP contribution in [0.2, 0.25) is 0 Å². The fourth-order valence-corrected chi connectivity index (χ4v) is 0.952. The molecule has 15 heavy (non-hydrogen) atoms. The van der Waals surface area contributed by atoms with Gasteiger partial charge in [-0.3, -0.25) is 4.79 Å². The van der Waals surface area contributed by atoms with E-state index in [-0.39, 0.29) is 0 Å². The van der Waals surface area contributed by atoms with Crippen molar-refractivity contribution in [1.82, 2.24) is 0 Å². The fraction of sp³-hybridized carbons (Fsp3) is 0.125. The van der Waals surface area contributed by atoms with Crippen LogP contribution in [0.1, 0.15) is 10.4 Å². The summed E-state index contributed by atoms with van der Waals surface area (Å²) >= 11 is 0. The number of nitrogens with two attached hydrogens (primary N) is 1. The van der Waals surface area contributed by atoms with Crippen LogP contribution in [-0.4, -0.2) is 12.3 Å². The highest BCUT2D eigenvalue weighted by atomic mass is 19.2. The molecular weight excluding hydrogens is 221 g/mol. The first-order valence-corrected chi connectivity index (χ1v) is 3.66. The number of ketones is 1. The Morgan fingerprint density at radius 1 is 0.867 bits per heavy atom. The zero-order chi connectivity index (χ0) is 11.7. The number of carbonyl (C=O) groups excluding carboxylic acids is 1. The average molecular weight is 225 g/mol. The van der Waals surface area contributed by atoms with Crippen LogP contribution in [0.15, 0.2) is 0 Å². The van der Waals surface area contributed by atoms with E-state index in [1.54, 1.807) is 0 Å². The lowest BCUT2D eigenvalue weighted by atomic mass is 10.1. The molecule has 7 heteroatoms. The van der Waals surface area contributed by atoms with Crippen LogP contribution < -0.4 is 5.73 Å². The van der Waals surface area contributed by atoms with Crippen LogP contribution in [0.4, 0.5) is 22.0 Å². The summed E-state index contributed by atoms with van der Waals surface area (Å²) in [6.45, 7) is -0.849. The van der Waals surface area contributed by atoms with E-state index >= 15 is 0 Å². The molecule has 82 valence electrons. The normalized spacial score (nSPS) is 10.5. The third-order valence-electron chi connectivity index (χ3n) is 1.67. The first-order valence-electron chi connectivity index (χ1n) is 3.66. The zero-order valence-electron chi connectivity index (χ0n) is 7.08. The third kappa shape index (κ3) is 1.70. The summed E-state index contributed by atoms with van der Waals surface area (Å²) < 4.78 is 63.3. The molecule has 0 bridgehead atoms. The van der Waals surface area contributed by atoms with E-state index in [2.05, 4.69) is 0 Å². The molecule has 1 aromatic rings. The van der Waals surface area contributed by atoms with Crippen molar-refractivity contribution in [3.05, 3.63) is 34.6 Å². The van der Waals surface area contributed by atoms with Gasteiger partial charge in [-0.15, -0.1) is 0 Å². The summed E-state index contributed by atoms with van der Waals surface area (Å²) in [5.74, 6) is -12.3. The van der Waals surface area contributed by atoms with Crippen molar-refractivity contribution in [2.24, 2.45) is 5.73 Å². The highest BCUT2D eigenvalue weighted by Gasteiger charge is 2.28. The van der Waals surface area contributed by atoms with E-state index in [0.717, 1.165) is 0 Å². The predicted octanol–water partition coefficient (Wildman–Crippen LogP) is 1.52. The van der Waals surface area contributed by atoms with Gasteiger partial charge >= 0.3 is 0 Å². The van der Waals surface area contributed by atoms with Crippen molar-refractivity contribution < 1.29 is 26.7 Å². The molecule has 0 aliphatic rings. The van der Waals surface area contributed by atoms with E-state index < -0.39 is 47.0 Å². The second-order valence-corrected chi connectivity index (χ2v) is 2.57. The van der Waals surface area contributed by atoms with Gasteiger partial charge in [0, 0.05) is 0 Å². The van der Waals surface area contributed by atoms with Gasteiger partial charge in [0.2, 0.25) is 5.82 Å². The van der Waals surface area contributed by atoms with Crippen LogP contribution in [0, 0.1) is 29.1 Å². The lowest BCUT2D eigenvalue weighted by Crippen LogP contribution is -2.19. The summed E-state index contributed by atoms with van der Waals surface area (Å²) in [6.07, 6.45) is 0. The first kappa shape index (κ1) is 11.6. The van der Waals surface area contributed by atoms with Crippen LogP contribution in [-0.2, 0) is 0 Å². The van der Waals surface area contributed by atoms with Crippen molar-refractivity contribution in [3.63, 3.8) is 0 Å². The largest absolute Gasteiger partial charge is 0.324 e. The van der Waals surface area contributed by atoms with Crippen molar-refractivity contribution in [2.45, 2.75) is 0 Å². The molecule has 0 fully saturated rings. The lowest BCUT2D eigenvalue weighted by molar-refractivity contribution is 0.0990. The number of halogens is 5. The summed E-state index contributed by atoms with van der Waals surface area (Å²) in [5.41, 5.74) is 3.25. The standard InChI is InChI=1S/C8H4F5NO/c9-4-3(2(15)1-14)5(10)7(12)8(13)6(4)11/h1,14H2. The van der Waals surface area contributed by atoms with Gasteiger partial charge in [0.05, 0.1) is 12.1 Å². The van der Waals surface area contributed by atoms with Crippen LogP contribution in [0.25, 0.3) is 0 Å². The number of benzene rings is 1. The maximum Gasteiger partial charge on any atom is 0.200 e. The summed E-state index contributed by atoms with van der Waals surface area (Å²) in [4.78, 5) is 10.8. The quantitative estimate of drug-likeness (QED) is 0.359. The topological polar surface area (TPSA) is 43.1 Å². The van der Waals surface area contributed by atoms with E-state index in [4.69, 9.17) is 5.73 Å². The van der Waals surface area contributed by atoms with Crippen LogP contribution in [0.5, 0.6) is 0 Å². The summed E-state index contributed by atoms with van der Waals surface area (Å²) in [6, 6.07) is 0. The highest BCUT2D eigenvalue weighted by Crippen LogP contribution is 2.22. The second kappa shape index (κ2) is 3.93. The Kier molecular flexibility index (Phi) is 3.04. The minimum absolute atomic E-state index is 0.849. The molecule has 0 radical (unpaired) electrons. The van der Waals surface area contributed by atoms with E-state index in [1.807, 2.05) is 0 Å². The van der Waals surface area contributed by atoms with Gasteiger partial charge in [-0.05, 0) is 0 Å². The molecule has 0 aliphatic heterocycles. The monoisotopic (exact) mass is 225 g/mol. The number of Topliss-reactive ketones (excluding diaryl/α,β-unsaturated/α-hetero) is 1. The molecule has 1 rings (SSSR count). The number of rotatable bonds is 2. The van der Waals surface area contributed by atoms with E-state index in [0.29, 0.717) is 0 Å². The minimum Gasteiger partial charge on any atom is -0.324 e. The smallest absolute Gasteiger partial charge is 0.200 e. The molecule has 0 heterocycles. The summed E-state index contributed by atoms with van der Waals surface area (Å²) in [7, 11) is 0. The Labute approximate surface area is 80.5 Å². The lowest BCUT2D eigenvalue weighted by Gasteiger charge is -2.05. The molecule has 2 N–H and O–H groups in total. The van der Waals surface area contributed by atoms with Crippen LogP contribution in [0.3, 0.4) is 0 Å². The van der Waals surface area contributed by atoms with Gasteiger partial charge in [-0.1, -0.05) is 0 Å². The Balaban J connectivity index is 3.60. The Hall–Kier alpha value is -1.50. The van der Waals surface area contributed by atoms with Gasteiger partial charge in [0.25, 0.3) is 0 Å². The number of hydrogen-bond acceptors (Lipinski definition) is 2. The van der Waals surface area contributed by atoms with Gasteiger partial charge in [0.1, 0.15) is 0 Å². The van der Waals surface area contributed by atoms with Gasteiger partial charge < -0.3 is 5.73 Å². The first-order chi connectivity index (χ1) is 6.91. The fourth-order valence-electron chi connectivity index (χ4n) is 0.952. The number of hydrogen-bond donors (Lipinski definition) is 1. The molecule has 0 unspecified atom stereocenters. The van der Waals surface area contributed by atoms with E-state index in [1.165, 1.54) is 0 Å². The SMILES string of the molecule is NCC(=O)c1c(F)c(F)c(F)c(F)c1F. The molecule has 1 aromatic carbocycles. The van der Waals surface area contributed by atoms with E-state index in [9.17, 15) is 26.7 Å². The molecule has 0 saturated carbocycles.